The van der Waals surface area contributed by atoms with Crippen LogP contribution < -0.4 is 10.1 Å². The van der Waals surface area contributed by atoms with Crippen LogP contribution in [0, 0.1) is 10.1 Å². The van der Waals surface area contributed by atoms with Gasteiger partial charge < -0.3 is 15.2 Å². The number of nitro benzene ring substituents is 1. The Morgan fingerprint density at radius 3 is 2.80 bits per heavy atom. The van der Waals surface area contributed by atoms with Crippen molar-refractivity contribution < 1.29 is 19.6 Å². The Kier molecular flexibility index (Phi) is 5.92. The number of nitrogens with zero attached hydrogens (tertiary/aromatic N) is 1. The van der Waals surface area contributed by atoms with Gasteiger partial charge in [0.15, 0.2) is 6.61 Å². The number of hydrogen-bond donors (Lipinski definition) is 2. The summed E-state index contributed by atoms with van der Waals surface area (Å²) >= 11 is 0. The highest BCUT2D eigenvalue weighted by Gasteiger charge is 2.16. The lowest BCUT2D eigenvalue weighted by Crippen LogP contribution is -2.29. The molecule has 1 aromatic carbocycles. The van der Waals surface area contributed by atoms with Gasteiger partial charge in [0.2, 0.25) is 0 Å². The fourth-order valence-corrected chi connectivity index (χ4v) is 1.57. The lowest BCUT2D eigenvalue weighted by atomic mass is 10.1. The molecule has 0 saturated carbocycles. The highest BCUT2D eigenvalue weighted by atomic mass is 16.6. The quantitative estimate of drug-likeness (QED) is 0.583. The number of nitro groups is 1. The highest BCUT2D eigenvalue weighted by molar-refractivity contribution is 5.77. The number of carbonyl (C=O) groups is 1. The van der Waals surface area contributed by atoms with Crippen molar-refractivity contribution in [2.45, 2.75) is 26.4 Å². The van der Waals surface area contributed by atoms with Gasteiger partial charge in [0.05, 0.1) is 11.0 Å². The minimum Gasteiger partial charge on any atom is -0.483 e. The number of carbonyl (C=O) groups excluding carboxylic acids is 1. The van der Waals surface area contributed by atoms with Crippen molar-refractivity contribution >= 4 is 11.6 Å². The van der Waals surface area contributed by atoms with E-state index in [9.17, 15) is 20.0 Å². The predicted octanol–water partition coefficient (Wildman–Crippen LogP) is 1.55. The smallest absolute Gasteiger partial charge is 0.270 e. The van der Waals surface area contributed by atoms with Crippen molar-refractivity contribution in [2.24, 2.45) is 0 Å². The molecule has 0 unspecified atom stereocenters. The van der Waals surface area contributed by atoms with Gasteiger partial charge in [-0.3, -0.25) is 14.9 Å². The van der Waals surface area contributed by atoms with Gasteiger partial charge in [-0.2, -0.15) is 0 Å². The average Bonchev–Trinajstić information content (AvgIpc) is 2.42. The standard InChI is InChI=1S/C13H18N2O5/c1-3-6-14-13(17)8-20-12-5-4-10(15(18)19)7-11(12)9(2)16/h4-5,7,9,16H,3,6,8H2,1-2H3,(H,14,17)/t9-/m0/s1. The minimum absolute atomic E-state index is 0.135. The van der Waals surface area contributed by atoms with Crippen LogP contribution in [0.4, 0.5) is 5.69 Å². The van der Waals surface area contributed by atoms with E-state index in [1.54, 1.807) is 0 Å². The van der Waals surface area contributed by atoms with Gasteiger partial charge in [0, 0.05) is 24.2 Å². The van der Waals surface area contributed by atoms with Crippen LogP contribution in [0.3, 0.4) is 0 Å². The lowest BCUT2D eigenvalue weighted by molar-refractivity contribution is -0.385. The number of aliphatic hydroxyl groups excluding tert-OH is 1. The molecule has 7 nitrogen and oxygen atoms in total. The summed E-state index contributed by atoms with van der Waals surface area (Å²) in [5, 5.41) is 23.0. The summed E-state index contributed by atoms with van der Waals surface area (Å²) < 4.78 is 5.30. The molecule has 0 aliphatic heterocycles. The van der Waals surface area contributed by atoms with E-state index in [0.717, 1.165) is 6.42 Å². The van der Waals surface area contributed by atoms with Crippen molar-refractivity contribution in [3.8, 4) is 5.75 Å². The summed E-state index contributed by atoms with van der Waals surface area (Å²) in [6.07, 6.45) is -0.106. The maximum atomic E-state index is 11.4. The summed E-state index contributed by atoms with van der Waals surface area (Å²) in [6.45, 7) is 3.77. The van der Waals surface area contributed by atoms with Crippen LogP contribution in [0.25, 0.3) is 0 Å². The molecule has 2 N–H and O–H groups in total. The first kappa shape index (κ1) is 15.9. The van der Waals surface area contributed by atoms with Gasteiger partial charge in [-0.25, -0.2) is 0 Å². The van der Waals surface area contributed by atoms with E-state index in [1.165, 1.54) is 25.1 Å². The zero-order chi connectivity index (χ0) is 15.1. The Bertz CT molecular complexity index is 488. The molecule has 20 heavy (non-hydrogen) atoms. The number of aliphatic hydroxyl groups is 1. The van der Waals surface area contributed by atoms with Gasteiger partial charge in [-0.05, 0) is 19.4 Å². The van der Waals surface area contributed by atoms with Gasteiger partial charge >= 0.3 is 0 Å². The topological polar surface area (TPSA) is 102 Å². The average molecular weight is 282 g/mol. The Morgan fingerprint density at radius 1 is 1.55 bits per heavy atom. The normalized spacial score (nSPS) is 11.8. The van der Waals surface area contributed by atoms with Crippen molar-refractivity contribution in [3.05, 3.63) is 33.9 Å². The molecule has 0 aromatic heterocycles. The second kappa shape index (κ2) is 7.44. The molecule has 0 aliphatic carbocycles. The molecule has 0 fully saturated rings. The molecule has 0 spiro atoms. The zero-order valence-electron chi connectivity index (χ0n) is 11.5. The number of rotatable bonds is 7. The second-order valence-corrected chi connectivity index (χ2v) is 4.29. The first-order chi connectivity index (χ1) is 9.45. The van der Waals surface area contributed by atoms with Crippen molar-refractivity contribution in [2.75, 3.05) is 13.2 Å². The van der Waals surface area contributed by atoms with E-state index < -0.39 is 11.0 Å². The third-order valence-electron chi connectivity index (χ3n) is 2.59. The second-order valence-electron chi connectivity index (χ2n) is 4.29. The van der Waals surface area contributed by atoms with Crippen LogP contribution in [0.5, 0.6) is 5.75 Å². The molecule has 1 aromatic rings. The largest absolute Gasteiger partial charge is 0.483 e. The summed E-state index contributed by atoms with van der Waals surface area (Å²) in [6, 6.07) is 3.89. The van der Waals surface area contributed by atoms with Gasteiger partial charge in [-0.15, -0.1) is 0 Å². The summed E-state index contributed by atoms with van der Waals surface area (Å²) in [4.78, 5) is 21.6. The van der Waals surface area contributed by atoms with Crippen molar-refractivity contribution in [1.29, 1.82) is 0 Å². The molecule has 0 heterocycles. The fourth-order valence-electron chi connectivity index (χ4n) is 1.57. The van der Waals surface area contributed by atoms with E-state index in [0.29, 0.717) is 6.54 Å². The molecule has 0 saturated heterocycles. The van der Waals surface area contributed by atoms with E-state index in [4.69, 9.17) is 4.74 Å². The monoisotopic (exact) mass is 282 g/mol. The minimum atomic E-state index is -0.927. The number of non-ortho nitro benzene ring substituents is 1. The van der Waals surface area contributed by atoms with Crippen molar-refractivity contribution in [3.63, 3.8) is 0 Å². The van der Waals surface area contributed by atoms with Crippen LogP contribution in [0.2, 0.25) is 0 Å². The lowest BCUT2D eigenvalue weighted by Gasteiger charge is -2.13. The Labute approximate surface area is 116 Å². The maximum Gasteiger partial charge on any atom is 0.270 e. The van der Waals surface area contributed by atoms with E-state index >= 15 is 0 Å². The predicted molar refractivity (Wildman–Crippen MR) is 72.5 cm³/mol. The van der Waals surface area contributed by atoms with Crippen molar-refractivity contribution in [1.82, 2.24) is 5.32 Å². The maximum absolute atomic E-state index is 11.4. The summed E-state index contributed by atoms with van der Waals surface area (Å²) in [7, 11) is 0. The van der Waals surface area contributed by atoms with E-state index in [1.807, 2.05) is 6.92 Å². The Morgan fingerprint density at radius 2 is 2.25 bits per heavy atom. The number of benzene rings is 1. The third-order valence-corrected chi connectivity index (χ3v) is 2.59. The van der Waals surface area contributed by atoms with Crippen LogP contribution in [0.1, 0.15) is 31.9 Å². The fraction of sp³-hybridized carbons (Fsp3) is 0.462. The Balaban J connectivity index is 2.79. The summed E-state index contributed by atoms with van der Waals surface area (Å²) in [5.74, 6) is -0.0148. The van der Waals surface area contributed by atoms with Gasteiger partial charge in [0.1, 0.15) is 5.75 Å². The first-order valence-corrected chi connectivity index (χ1v) is 6.31. The third kappa shape index (κ3) is 4.51. The van der Waals surface area contributed by atoms with Gasteiger partial charge in [-0.1, -0.05) is 6.92 Å². The van der Waals surface area contributed by atoms with Crippen LogP contribution >= 0.6 is 0 Å². The molecule has 7 heteroatoms. The van der Waals surface area contributed by atoms with Crippen LogP contribution in [-0.2, 0) is 4.79 Å². The molecule has 0 aliphatic rings. The molecular formula is C13H18N2O5. The first-order valence-electron chi connectivity index (χ1n) is 6.31. The zero-order valence-corrected chi connectivity index (χ0v) is 11.5. The van der Waals surface area contributed by atoms with Gasteiger partial charge in [0.25, 0.3) is 11.6 Å². The number of nitrogens with one attached hydrogen (secondary N) is 1. The Hall–Kier alpha value is -2.15. The highest BCUT2D eigenvalue weighted by Crippen LogP contribution is 2.29. The summed E-state index contributed by atoms with van der Waals surface area (Å²) in [5.41, 5.74) is 0.145. The molecular weight excluding hydrogens is 264 g/mol. The molecule has 0 bridgehead atoms. The van der Waals surface area contributed by atoms with Crippen LogP contribution in [-0.4, -0.2) is 29.1 Å². The molecule has 110 valence electrons. The van der Waals surface area contributed by atoms with E-state index in [2.05, 4.69) is 5.32 Å². The van der Waals surface area contributed by atoms with Crippen LogP contribution in [0.15, 0.2) is 18.2 Å². The van der Waals surface area contributed by atoms with E-state index in [-0.39, 0.29) is 29.5 Å². The number of amides is 1. The molecule has 1 rings (SSSR count). The SMILES string of the molecule is CCCNC(=O)COc1ccc([N+](=O)[O-])cc1[C@H](C)O. The number of hydrogen-bond acceptors (Lipinski definition) is 5. The number of ether oxygens (including phenoxy) is 1. The molecule has 0 radical (unpaired) electrons. The molecule has 1 atom stereocenters. The molecule has 1 amide bonds.